The number of Topliss-reactive ketones (excluding diaryl/α,β-unsaturated/α-hetero) is 1. The number of hydrogen-bond acceptors (Lipinski definition) is 3. The molecule has 2 aromatic rings. The molecular formula is C25H30ClNO3. The highest BCUT2D eigenvalue weighted by Gasteiger charge is 2.40. The number of benzene rings is 1. The fourth-order valence-electron chi connectivity index (χ4n) is 5.44. The first kappa shape index (κ1) is 21.2. The Morgan fingerprint density at radius 1 is 1.13 bits per heavy atom. The molecule has 0 radical (unpaired) electrons. The lowest BCUT2D eigenvalue weighted by molar-refractivity contribution is -0.144. The lowest BCUT2D eigenvalue weighted by Gasteiger charge is -2.20. The number of rotatable bonds is 8. The molecule has 2 fully saturated rings. The molecule has 1 aromatic carbocycles. The van der Waals surface area contributed by atoms with Crippen LogP contribution in [0.3, 0.4) is 0 Å². The van der Waals surface area contributed by atoms with Gasteiger partial charge in [0.05, 0.1) is 0 Å². The molecule has 2 bridgehead atoms. The maximum Gasteiger partial charge on any atom is 0.306 e. The largest absolute Gasteiger partial charge is 0.457 e. The maximum atomic E-state index is 12.7. The Bertz CT molecular complexity index is 931. The smallest absolute Gasteiger partial charge is 0.306 e. The molecule has 30 heavy (non-hydrogen) atoms. The molecule has 1 aromatic heterocycles. The van der Waals surface area contributed by atoms with E-state index in [2.05, 4.69) is 4.57 Å². The number of ether oxygens (including phenoxy) is 1. The number of ketones is 1. The standard InChI is InChI=1S/C25H30ClNO3/c1-16-11-23(17(2)27(16)10-9-18-4-7-22(26)8-5-18)24(28)15-30-25(29)14-21-13-19-3-6-20(21)12-19/h4-5,7-8,11,19-21H,3,6,9-10,12-15H2,1-2H3/t19-,20+,21-/m0/s1. The zero-order valence-corrected chi connectivity index (χ0v) is 18.6. The number of halogens is 1. The second kappa shape index (κ2) is 8.97. The topological polar surface area (TPSA) is 48.3 Å². The fraction of sp³-hybridized carbons (Fsp3) is 0.520. The van der Waals surface area contributed by atoms with E-state index in [-0.39, 0.29) is 18.4 Å². The Balaban J connectivity index is 1.31. The molecule has 2 aliphatic carbocycles. The number of carbonyl (C=O) groups excluding carboxylic acids is 2. The van der Waals surface area contributed by atoms with Crippen LogP contribution in [0.5, 0.6) is 0 Å². The quantitative estimate of drug-likeness (QED) is 0.409. The van der Waals surface area contributed by atoms with Gasteiger partial charge in [-0.15, -0.1) is 0 Å². The van der Waals surface area contributed by atoms with Gasteiger partial charge in [0.25, 0.3) is 0 Å². The van der Waals surface area contributed by atoms with Crippen molar-refractivity contribution in [3.05, 3.63) is 57.9 Å². The lowest BCUT2D eigenvalue weighted by Crippen LogP contribution is -2.20. The van der Waals surface area contributed by atoms with Gasteiger partial charge in [0, 0.05) is 34.9 Å². The van der Waals surface area contributed by atoms with Crippen molar-refractivity contribution in [3.63, 3.8) is 0 Å². The average Bonchev–Trinajstić information content (AvgIpc) is 3.41. The fourth-order valence-corrected chi connectivity index (χ4v) is 5.57. The van der Waals surface area contributed by atoms with Gasteiger partial charge in [-0.2, -0.15) is 0 Å². The van der Waals surface area contributed by atoms with Crippen LogP contribution in [-0.2, 0) is 22.5 Å². The van der Waals surface area contributed by atoms with Crippen LogP contribution in [-0.4, -0.2) is 22.9 Å². The highest BCUT2D eigenvalue weighted by atomic mass is 35.5. The molecule has 0 amide bonds. The summed E-state index contributed by atoms with van der Waals surface area (Å²) in [5.41, 5.74) is 3.82. The van der Waals surface area contributed by atoms with Gasteiger partial charge in [0.1, 0.15) is 0 Å². The lowest BCUT2D eigenvalue weighted by atomic mass is 9.86. The summed E-state index contributed by atoms with van der Waals surface area (Å²) in [4.78, 5) is 25.0. The summed E-state index contributed by atoms with van der Waals surface area (Å²) in [6.45, 7) is 4.59. The summed E-state index contributed by atoms with van der Waals surface area (Å²) in [6, 6.07) is 9.75. The van der Waals surface area contributed by atoms with Crippen LogP contribution in [0.1, 0.15) is 59.4 Å². The molecule has 0 aliphatic heterocycles. The number of esters is 1. The third-order valence-corrected chi connectivity index (χ3v) is 7.34. The first-order chi connectivity index (χ1) is 14.4. The molecule has 3 atom stereocenters. The highest BCUT2D eigenvalue weighted by Crippen LogP contribution is 2.49. The van der Waals surface area contributed by atoms with Crippen LogP contribution < -0.4 is 0 Å². The minimum Gasteiger partial charge on any atom is -0.457 e. The van der Waals surface area contributed by atoms with E-state index in [9.17, 15) is 9.59 Å². The van der Waals surface area contributed by atoms with E-state index in [0.29, 0.717) is 23.8 Å². The number of fused-ring (bicyclic) bond motifs is 2. The van der Waals surface area contributed by atoms with Crippen molar-refractivity contribution in [1.29, 1.82) is 0 Å². The van der Waals surface area contributed by atoms with Crippen LogP contribution in [0, 0.1) is 31.6 Å². The Morgan fingerprint density at radius 3 is 2.57 bits per heavy atom. The van der Waals surface area contributed by atoms with E-state index in [4.69, 9.17) is 16.3 Å². The molecule has 4 rings (SSSR count). The molecule has 5 heteroatoms. The molecule has 160 valence electrons. The van der Waals surface area contributed by atoms with Crippen LogP contribution in [0.25, 0.3) is 0 Å². The first-order valence-electron chi connectivity index (χ1n) is 11.0. The van der Waals surface area contributed by atoms with E-state index in [1.807, 2.05) is 44.2 Å². The Hall–Kier alpha value is -2.07. The van der Waals surface area contributed by atoms with Crippen LogP contribution in [0.4, 0.5) is 0 Å². The van der Waals surface area contributed by atoms with E-state index >= 15 is 0 Å². The zero-order valence-electron chi connectivity index (χ0n) is 17.8. The molecule has 0 N–H and O–H groups in total. The minimum atomic E-state index is -0.225. The number of hydrogen-bond donors (Lipinski definition) is 0. The van der Waals surface area contributed by atoms with Crippen molar-refractivity contribution >= 4 is 23.4 Å². The molecule has 2 saturated carbocycles. The van der Waals surface area contributed by atoms with Crippen molar-refractivity contribution in [2.45, 2.75) is 58.9 Å². The SMILES string of the molecule is Cc1cc(C(=O)COC(=O)C[C@@H]2C[C@H]3CC[C@@H]2C3)c(C)n1CCc1ccc(Cl)cc1. The third-order valence-electron chi connectivity index (χ3n) is 7.09. The Labute approximate surface area is 183 Å². The number of nitrogens with zero attached hydrogens (tertiary/aromatic N) is 1. The van der Waals surface area contributed by atoms with Gasteiger partial charge < -0.3 is 9.30 Å². The van der Waals surface area contributed by atoms with Gasteiger partial charge >= 0.3 is 5.97 Å². The second-order valence-corrected chi connectivity index (χ2v) is 9.47. The summed E-state index contributed by atoms with van der Waals surface area (Å²) in [7, 11) is 0. The predicted molar refractivity (Wildman–Crippen MR) is 118 cm³/mol. The van der Waals surface area contributed by atoms with Gasteiger partial charge in [-0.1, -0.05) is 30.2 Å². The Kier molecular flexibility index (Phi) is 6.33. The van der Waals surface area contributed by atoms with Crippen molar-refractivity contribution < 1.29 is 14.3 Å². The number of aromatic nitrogens is 1. The normalized spacial score (nSPS) is 22.4. The van der Waals surface area contributed by atoms with E-state index in [1.54, 1.807) is 0 Å². The monoisotopic (exact) mass is 427 g/mol. The summed E-state index contributed by atoms with van der Waals surface area (Å²) in [6.07, 6.45) is 6.33. The zero-order chi connectivity index (χ0) is 21.3. The van der Waals surface area contributed by atoms with Crippen molar-refractivity contribution in [2.75, 3.05) is 6.61 Å². The molecule has 4 nitrogen and oxygen atoms in total. The average molecular weight is 428 g/mol. The van der Waals surface area contributed by atoms with Gasteiger partial charge in [-0.3, -0.25) is 9.59 Å². The molecular weight excluding hydrogens is 398 g/mol. The minimum absolute atomic E-state index is 0.123. The summed E-state index contributed by atoms with van der Waals surface area (Å²) < 4.78 is 7.51. The molecule has 0 spiro atoms. The summed E-state index contributed by atoms with van der Waals surface area (Å²) in [5, 5.41) is 0.731. The third kappa shape index (κ3) is 4.64. The molecule has 2 aliphatic rings. The molecule has 1 heterocycles. The van der Waals surface area contributed by atoms with Crippen molar-refractivity contribution in [3.8, 4) is 0 Å². The van der Waals surface area contributed by atoms with Crippen LogP contribution in [0.2, 0.25) is 5.02 Å². The predicted octanol–water partition coefficient (Wildman–Crippen LogP) is 5.55. The number of aryl methyl sites for hydroxylation is 2. The van der Waals surface area contributed by atoms with Gasteiger partial charge in [0.15, 0.2) is 6.61 Å². The number of carbonyl (C=O) groups is 2. The van der Waals surface area contributed by atoms with Crippen LogP contribution in [0.15, 0.2) is 30.3 Å². The van der Waals surface area contributed by atoms with Crippen molar-refractivity contribution in [2.24, 2.45) is 17.8 Å². The van der Waals surface area contributed by atoms with E-state index in [1.165, 1.54) is 24.8 Å². The Morgan fingerprint density at radius 2 is 1.90 bits per heavy atom. The molecule has 0 unspecified atom stereocenters. The second-order valence-electron chi connectivity index (χ2n) is 9.04. The van der Waals surface area contributed by atoms with E-state index in [0.717, 1.165) is 41.7 Å². The van der Waals surface area contributed by atoms with Crippen LogP contribution >= 0.6 is 11.6 Å². The van der Waals surface area contributed by atoms with E-state index < -0.39 is 0 Å². The van der Waals surface area contributed by atoms with Gasteiger partial charge in [-0.25, -0.2) is 0 Å². The molecule has 0 saturated heterocycles. The first-order valence-corrected chi connectivity index (χ1v) is 11.4. The summed E-state index contributed by atoms with van der Waals surface area (Å²) in [5.74, 6) is 1.62. The highest BCUT2D eigenvalue weighted by molar-refractivity contribution is 6.30. The maximum absolute atomic E-state index is 12.7. The van der Waals surface area contributed by atoms with Gasteiger partial charge in [-0.05, 0) is 81.0 Å². The van der Waals surface area contributed by atoms with Crippen molar-refractivity contribution in [1.82, 2.24) is 4.57 Å². The van der Waals surface area contributed by atoms with Gasteiger partial charge in [0.2, 0.25) is 5.78 Å². The summed E-state index contributed by atoms with van der Waals surface area (Å²) >= 11 is 5.95.